The summed E-state index contributed by atoms with van der Waals surface area (Å²) >= 11 is 0. The van der Waals surface area contributed by atoms with E-state index in [0.29, 0.717) is 6.54 Å². The molecule has 23 heavy (non-hydrogen) atoms. The molecule has 0 heterocycles. The molecule has 0 aliphatic heterocycles. The predicted octanol–water partition coefficient (Wildman–Crippen LogP) is 1.79. The van der Waals surface area contributed by atoms with Gasteiger partial charge in [0.15, 0.2) is 5.96 Å². The smallest absolute Gasteiger partial charge is 0.240 e. The van der Waals surface area contributed by atoms with E-state index in [4.69, 9.17) is 0 Å². The molecule has 0 unspecified atom stereocenters. The molecule has 6 nitrogen and oxygen atoms in total. The minimum Gasteiger partial charge on any atom is -0.357 e. The van der Waals surface area contributed by atoms with E-state index in [0.717, 1.165) is 37.5 Å². The van der Waals surface area contributed by atoms with Gasteiger partial charge in [0.05, 0.1) is 11.4 Å². The molecule has 0 amide bonds. The number of guanidine groups is 1. The molecule has 0 radical (unpaired) electrons. The molecule has 0 saturated heterocycles. The van der Waals surface area contributed by atoms with Gasteiger partial charge in [-0.2, -0.15) is 0 Å². The summed E-state index contributed by atoms with van der Waals surface area (Å²) in [5.41, 5.74) is 0.862. The van der Waals surface area contributed by atoms with Gasteiger partial charge in [-0.15, -0.1) is 0 Å². The Morgan fingerprint density at radius 1 is 1.30 bits per heavy atom. The topological polar surface area (TPSA) is 73.8 Å². The molecular weight excluding hydrogens is 312 g/mol. The number of hydrogen-bond donors (Lipinski definition) is 2. The third kappa shape index (κ3) is 6.19. The van der Waals surface area contributed by atoms with Crippen LogP contribution in [0.1, 0.15) is 32.3 Å². The van der Waals surface area contributed by atoms with E-state index in [-0.39, 0.29) is 4.90 Å². The number of unbranched alkanes of at least 4 members (excludes halogenated alkanes) is 1. The van der Waals surface area contributed by atoms with Gasteiger partial charge in [-0.1, -0.05) is 25.5 Å². The van der Waals surface area contributed by atoms with Crippen LogP contribution in [0.5, 0.6) is 0 Å². The van der Waals surface area contributed by atoms with Crippen molar-refractivity contribution in [2.24, 2.45) is 4.99 Å². The minimum atomic E-state index is -3.42. The Hall–Kier alpha value is -1.60. The highest BCUT2D eigenvalue weighted by Gasteiger charge is 2.11. The molecule has 7 heteroatoms. The van der Waals surface area contributed by atoms with Gasteiger partial charge in [-0.3, -0.25) is 0 Å². The lowest BCUT2D eigenvalue weighted by molar-refractivity contribution is 0.465. The molecule has 2 N–H and O–H groups in total. The summed E-state index contributed by atoms with van der Waals surface area (Å²) in [5, 5.41) is 3.26. The van der Waals surface area contributed by atoms with Gasteiger partial charge in [0, 0.05) is 20.1 Å². The van der Waals surface area contributed by atoms with Gasteiger partial charge >= 0.3 is 0 Å². The van der Waals surface area contributed by atoms with Crippen LogP contribution in [-0.2, 0) is 16.6 Å². The average molecular weight is 340 g/mol. The molecule has 0 spiro atoms. The van der Waals surface area contributed by atoms with Gasteiger partial charge in [-0.25, -0.2) is 18.1 Å². The largest absolute Gasteiger partial charge is 0.357 e. The Morgan fingerprint density at radius 3 is 2.65 bits per heavy atom. The van der Waals surface area contributed by atoms with Crippen LogP contribution < -0.4 is 10.0 Å². The van der Waals surface area contributed by atoms with E-state index in [2.05, 4.69) is 26.9 Å². The molecule has 1 aromatic carbocycles. The standard InChI is InChI=1S/C16H28N4O2S/c1-5-7-11-20(4)16(18-6-2)19-13-14-9-8-10-15(12-14)23(21,22)17-3/h8-10,12,17H,5-7,11,13H2,1-4H3,(H,18,19). The lowest BCUT2D eigenvalue weighted by atomic mass is 10.2. The average Bonchev–Trinajstić information content (AvgIpc) is 2.56. The second-order valence-corrected chi connectivity index (χ2v) is 7.19. The summed E-state index contributed by atoms with van der Waals surface area (Å²) in [6.45, 7) is 6.36. The number of benzene rings is 1. The highest BCUT2D eigenvalue weighted by molar-refractivity contribution is 7.89. The van der Waals surface area contributed by atoms with Gasteiger partial charge in [-0.05, 0) is 38.1 Å². The summed E-state index contributed by atoms with van der Waals surface area (Å²) in [5.74, 6) is 0.836. The van der Waals surface area contributed by atoms with Crippen molar-refractivity contribution in [2.75, 3.05) is 27.2 Å². The quantitative estimate of drug-likeness (QED) is 0.559. The number of aliphatic imine (C=N–C) groups is 1. The predicted molar refractivity (Wildman–Crippen MR) is 95.0 cm³/mol. The van der Waals surface area contributed by atoms with Crippen molar-refractivity contribution < 1.29 is 8.42 Å². The Kier molecular flexibility index (Phi) is 8.05. The van der Waals surface area contributed by atoms with Crippen molar-refractivity contribution in [1.29, 1.82) is 0 Å². The molecule has 0 bridgehead atoms. The lowest BCUT2D eigenvalue weighted by Crippen LogP contribution is -2.39. The Bertz CT molecular complexity index is 614. The zero-order valence-corrected chi connectivity index (χ0v) is 15.3. The molecule has 0 fully saturated rings. The molecule has 0 aromatic heterocycles. The monoisotopic (exact) mass is 340 g/mol. The van der Waals surface area contributed by atoms with Crippen molar-refractivity contribution >= 4 is 16.0 Å². The van der Waals surface area contributed by atoms with Crippen LogP contribution >= 0.6 is 0 Å². The molecule has 0 aliphatic carbocycles. The SMILES string of the molecule is CCCCN(C)C(=NCc1cccc(S(=O)(=O)NC)c1)NCC. The Balaban J connectivity index is 2.89. The fraction of sp³-hybridized carbons (Fsp3) is 0.562. The summed E-state index contributed by atoms with van der Waals surface area (Å²) < 4.78 is 26.0. The first-order valence-electron chi connectivity index (χ1n) is 7.96. The number of nitrogens with zero attached hydrogens (tertiary/aromatic N) is 2. The van der Waals surface area contributed by atoms with Crippen LogP contribution in [0.25, 0.3) is 0 Å². The number of sulfonamides is 1. The third-order valence-electron chi connectivity index (χ3n) is 3.43. The van der Waals surface area contributed by atoms with Crippen LogP contribution in [-0.4, -0.2) is 46.5 Å². The highest BCUT2D eigenvalue weighted by Crippen LogP contribution is 2.12. The second kappa shape index (κ2) is 9.52. The number of hydrogen-bond acceptors (Lipinski definition) is 3. The normalized spacial score (nSPS) is 12.3. The molecule has 130 valence electrons. The van der Waals surface area contributed by atoms with Crippen molar-refractivity contribution in [3.8, 4) is 0 Å². The van der Waals surface area contributed by atoms with E-state index in [1.807, 2.05) is 20.0 Å². The van der Waals surface area contributed by atoms with Crippen molar-refractivity contribution in [2.45, 2.75) is 38.1 Å². The molecule has 1 aromatic rings. The van der Waals surface area contributed by atoms with Crippen LogP contribution in [0.15, 0.2) is 34.2 Å². The number of rotatable bonds is 8. The fourth-order valence-electron chi connectivity index (χ4n) is 2.07. The van der Waals surface area contributed by atoms with Crippen molar-refractivity contribution in [1.82, 2.24) is 14.9 Å². The molecule has 0 saturated carbocycles. The molecular formula is C16H28N4O2S. The van der Waals surface area contributed by atoms with E-state index < -0.39 is 10.0 Å². The summed E-state index contributed by atoms with van der Waals surface area (Å²) in [7, 11) is -0.000539. The van der Waals surface area contributed by atoms with Gasteiger partial charge in [0.2, 0.25) is 10.0 Å². The molecule has 1 rings (SSSR count). The fourth-order valence-corrected chi connectivity index (χ4v) is 2.87. The highest BCUT2D eigenvalue weighted by atomic mass is 32.2. The third-order valence-corrected chi connectivity index (χ3v) is 4.84. The van der Waals surface area contributed by atoms with E-state index >= 15 is 0 Å². The maximum Gasteiger partial charge on any atom is 0.240 e. The minimum absolute atomic E-state index is 0.261. The van der Waals surface area contributed by atoms with Crippen LogP contribution in [0.3, 0.4) is 0 Å². The van der Waals surface area contributed by atoms with Gasteiger partial charge in [0.25, 0.3) is 0 Å². The Morgan fingerprint density at radius 2 is 2.04 bits per heavy atom. The summed E-state index contributed by atoms with van der Waals surface area (Å²) in [6.07, 6.45) is 2.24. The van der Waals surface area contributed by atoms with Crippen molar-refractivity contribution in [3.63, 3.8) is 0 Å². The van der Waals surface area contributed by atoms with E-state index in [9.17, 15) is 8.42 Å². The molecule has 0 aliphatic rings. The first-order valence-corrected chi connectivity index (χ1v) is 9.44. The maximum absolute atomic E-state index is 11.9. The number of nitrogens with one attached hydrogen (secondary N) is 2. The van der Waals surface area contributed by atoms with Crippen molar-refractivity contribution in [3.05, 3.63) is 29.8 Å². The first kappa shape index (κ1) is 19.4. The maximum atomic E-state index is 11.9. The van der Waals surface area contributed by atoms with Crippen LogP contribution in [0.2, 0.25) is 0 Å². The summed E-state index contributed by atoms with van der Waals surface area (Å²) in [6, 6.07) is 6.86. The lowest BCUT2D eigenvalue weighted by Gasteiger charge is -2.21. The zero-order chi connectivity index (χ0) is 17.3. The van der Waals surface area contributed by atoms with Crippen LogP contribution in [0.4, 0.5) is 0 Å². The Labute approximate surface area is 140 Å². The van der Waals surface area contributed by atoms with Gasteiger partial charge < -0.3 is 10.2 Å². The van der Waals surface area contributed by atoms with E-state index in [1.165, 1.54) is 7.05 Å². The first-order chi connectivity index (χ1) is 10.9. The van der Waals surface area contributed by atoms with Gasteiger partial charge in [0.1, 0.15) is 0 Å². The second-order valence-electron chi connectivity index (χ2n) is 5.30. The van der Waals surface area contributed by atoms with E-state index in [1.54, 1.807) is 18.2 Å². The summed E-state index contributed by atoms with van der Waals surface area (Å²) in [4.78, 5) is 6.96. The molecule has 0 atom stereocenters. The van der Waals surface area contributed by atoms with Crippen LogP contribution in [0, 0.1) is 0 Å². The zero-order valence-electron chi connectivity index (χ0n) is 14.5.